The zero-order chi connectivity index (χ0) is 15.6. The maximum atomic E-state index is 11.5. The van der Waals surface area contributed by atoms with E-state index in [0.29, 0.717) is 18.8 Å². The monoisotopic (exact) mass is 318 g/mol. The first-order chi connectivity index (χ1) is 9.20. The zero-order valence-corrected chi connectivity index (χ0v) is 14.7. The summed E-state index contributed by atoms with van der Waals surface area (Å²) in [5.41, 5.74) is 0. The van der Waals surface area contributed by atoms with Gasteiger partial charge in [-0.3, -0.25) is 9.59 Å². The minimum atomic E-state index is -1.19. The van der Waals surface area contributed by atoms with Crippen molar-refractivity contribution in [3.8, 4) is 0 Å². The zero-order valence-electron chi connectivity index (χ0n) is 12.8. The molecule has 0 amide bonds. The molecule has 0 spiro atoms. The fraction of sp³-hybridized carbons (Fsp3) is 0.714. The highest BCUT2D eigenvalue weighted by Gasteiger charge is 2.15. The van der Waals surface area contributed by atoms with Gasteiger partial charge in [-0.2, -0.15) is 0 Å². The van der Waals surface area contributed by atoms with Crippen LogP contribution in [0.25, 0.3) is 0 Å². The lowest BCUT2D eigenvalue weighted by Crippen LogP contribution is -2.23. The number of allylic oxidation sites excluding steroid dienone is 1. The highest BCUT2D eigenvalue weighted by Crippen LogP contribution is 2.09. The summed E-state index contributed by atoms with van der Waals surface area (Å²) >= 11 is 1.25. The number of ether oxygens (including phenoxy) is 1. The fourth-order valence-electron chi connectivity index (χ4n) is 1.29. The Kier molecular flexibility index (Phi) is 9.88. The van der Waals surface area contributed by atoms with Gasteiger partial charge in [0, 0.05) is 20.8 Å². The lowest BCUT2D eigenvalue weighted by atomic mass is 10.2. The maximum Gasteiger partial charge on any atom is 0.308 e. The average molecular weight is 319 g/mol. The molecule has 0 saturated carbocycles. The molecule has 0 radical (unpaired) electrons. The van der Waals surface area contributed by atoms with Crippen LogP contribution in [0.3, 0.4) is 0 Å². The molecular formula is C14H26O4SSi. The van der Waals surface area contributed by atoms with Crippen LogP contribution in [-0.2, 0) is 14.3 Å². The summed E-state index contributed by atoms with van der Waals surface area (Å²) in [6.07, 6.45) is 3.25. The van der Waals surface area contributed by atoms with Crippen molar-refractivity contribution < 1.29 is 19.4 Å². The number of esters is 1. The average Bonchev–Trinajstić information content (AvgIpc) is 2.26. The van der Waals surface area contributed by atoms with Gasteiger partial charge in [-0.05, 0) is 12.5 Å². The summed E-state index contributed by atoms with van der Waals surface area (Å²) in [5.74, 6) is 0.331. The van der Waals surface area contributed by atoms with E-state index in [2.05, 4.69) is 19.6 Å². The molecule has 0 aromatic rings. The second-order valence-corrected chi connectivity index (χ2v) is 12.8. The number of hydrogen-bond donors (Lipinski definition) is 1. The van der Waals surface area contributed by atoms with Crippen LogP contribution in [0.2, 0.25) is 25.7 Å². The van der Waals surface area contributed by atoms with Crippen LogP contribution in [0.4, 0.5) is 0 Å². The number of thioether (sulfide) groups is 1. The fourth-order valence-corrected chi connectivity index (χ4v) is 2.55. The minimum absolute atomic E-state index is 0.0119. The second-order valence-electron chi connectivity index (χ2n) is 5.86. The summed E-state index contributed by atoms with van der Waals surface area (Å²) in [7, 11) is -1.19. The Hall–Kier alpha value is -0.593. The minimum Gasteiger partial charge on any atom is -0.466 e. The Balaban J connectivity index is 3.73. The van der Waals surface area contributed by atoms with Crippen molar-refractivity contribution >= 4 is 30.9 Å². The van der Waals surface area contributed by atoms with Crippen molar-refractivity contribution in [3.63, 3.8) is 0 Å². The Morgan fingerprint density at radius 3 is 2.55 bits per heavy atom. The SMILES string of the molecule is CC(=O)SCCC=C[C@@H](O)CC(=O)OCC[Si](C)(C)C. The Morgan fingerprint density at radius 1 is 1.35 bits per heavy atom. The van der Waals surface area contributed by atoms with Gasteiger partial charge >= 0.3 is 5.97 Å². The number of aliphatic hydroxyl groups excluding tert-OH is 1. The van der Waals surface area contributed by atoms with Crippen LogP contribution in [0.1, 0.15) is 19.8 Å². The second kappa shape index (κ2) is 10.2. The molecule has 0 aromatic heterocycles. The molecule has 0 rings (SSSR count). The molecule has 0 heterocycles. The predicted molar refractivity (Wildman–Crippen MR) is 86.6 cm³/mol. The molecule has 0 aliphatic heterocycles. The van der Waals surface area contributed by atoms with Crippen LogP contribution in [0.15, 0.2) is 12.2 Å². The van der Waals surface area contributed by atoms with E-state index in [1.807, 2.05) is 0 Å². The van der Waals surface area contributed by atoms with Crippen molar-refractivity contribution in [1.82, 2.24) is 0 Å². The van der Waals surface area contributed by atoms with Crippen molar-refractivity contribution in [2.45, 2.75) is 51.6 Å². The molecule has 1 N–H and O–H groups in total. The molecule has 20 heavy (non-hydrogen) atoms. The van der Waals surface area contributed by atoms with E-state index in [9.17, 15) is 14.7 Å². The third-order valence-corrected chi connectivity index (χ3v) is 4.99. The third-order valence-electron chi connectivity index (χ3n) is 2.44. The van der Waals surface area contributed by atoms with E-state index >= 15 is 0 Å². The van der Waals surface area contributed by atoms with Crippen LogP contribution in [0, 0.1) is 0 Å². The van der Waals surface area contributed by atoms with E-state index < -0.39 is 14.2 Å². The first kappa shape index (κ1) is 19.4. The predicted octanol–water partition coefficient (Wildman–Crippen LogP) is 2.84. The normalized spacial score (nSPS) is 13.4. The molecule has 4 nitrogen and oxygen atoms in total. The van der Waals surface area contributed by atoms with Gasteiger partial charge in [0.15, 0.2) is 5.12 Å². The largest absolute Gasteiger partial charge is 0.466 e. The van der Waals surface area contributed by atoms with E-state index in [4.69, 9.17) is 4.74 Å². The molecule has 0 aliphatic rings. The van der Waals surface area contributed by atoms with Gasteiger partial charge in [-0.15, -0.1) is 0 Å². The standard InChI is InChI=1S/C14H26O4SSi/c1-12(15)19-9-6-5-7-13(16)11-14(17)18-8-10-20(2,3)4/h5,7,13,16H,6,8-11H2,1-4H3/t13-/m1/s1. The van der Waals surface area contributed by atoms with Gasteiger partial charge in [-0.25, -0.2) is 0 Å². The Labute approximate surface area is 127 Å². The van der Waals surface area contributed by atoms with Gasteiger partial charge in [0.05, 0.1) is 19.1 Å². The van der Waals surface area contributed by atoms with E-state index in [-0.39, 0.29) is 17.5 Å². The highest BCUT2D eigenvalue weighted by molar-refractivity contribution is 8.13. The first-order valence-electron chi connectivity index (χ1n) is 6.84. The van der Waals surface area contributed by atoms with Gasteiger partial charge in [-0.1, -0.05) is 43.6 Å². The summed E-state index contributed by atoms with van der Waals surface area (Å²) in [6, 6.07) is 0.937. The quantitative estimate of drug-likeness (QED) is 0.306. The molecule has 0 bridgehead atoms. The van der Waals surface area contributed by atoms with Crippen LogP contribution in [0.5, 0.6) is 0 Å². The summed E-state index contributed by atoms with van der Waals surface area (Å²) in [4.78, 5) is 22.2. The Morgan fingerprint density at radius 2 is 2.00 bits per heavy atom. The van der Waals surface area contributed by atoms with Crippen molar-refractivity contribution in [3.05, 3.63) is 12.2 Å². The first-order valence-corrected chi connectivity index (χ1v) is 11.5. The Bertz CT molecular complexity index is 337. The summed E-state index contributed by atoms with van der Waals surface area (Å²) < 4.78 is 5.10. The molecule has 6 heteroatoms. The molecule has 0 saturated heterocycles. The van der Waals surface area contributed by atoms with Crippen LogP contribution < -0.4 is 0 Å². The third kappa shape index (κ3) is 13.8. The summed E-state index contributed by atoms with van der Waals surface area (Å²) in [6.45, 7) is 8.63. The lowest BCUT2D eigenvalue weighted by Gasteiger charge is -2.15. The van der Waals surface area contributed by atoms with Gasteiger partial charge in [0.2, 0.25) is 0 Å². The van der Waals surface area contributed by atoms with Crippen molar-refractivity contribution in [2.75, 3.05) is 12.4 Å². The summed E-state index contributed by atoms with van der Waals surface area (Å²) in [5, 5.41) is 9.72. The molecule has 0 unspecified atom stereocenters. The number of aliphatic hydroxyl groups is 1. The van der Waals surface area contributed by atoms with Gasteiger partial charge in [0.1, 0.15) is 0 Å². The molecular weight excluding hydrogens is 292 g/mol. The number of hydrogen-bond acceptors (Lipinski definition) is 5. The molecule has 0 aliphatic carbocycles. The van der Waals surface area contributed by atoms with E-state index in [0.717, 1.165) is 6.04 Å². The van der Waals surface area contributed by atoms with Gasteiger partial charge in [0.25, 0.3) is 0 Å². The lowest BCUT2D eigenvalue weighted by molar-refractivity contribution is -0.144. The van der Waals surface area contributed by atoms with Crippen LogP contribution in [-0.4, -0.2) is 42.7 Å². The van der Waals surface area contributed by atoms with Crippen molar-refractivity contribution in [1.29, 1.82) is 0 Å². The topological polar surface area (TPSA) is 63.6 Å². The van der Waals surface area contributed by atoms with E-state index in [1.165, 1.54) is 18.7 Å². The smallest absolute Gasteiger partial charge is 0.308 e. The molecule has 0 fully saturated rings. The van der Waals surface area contributed by atoms with E-state index in [1.54, 1.807) is 12.2 Å². The number of carbonyl (C=O) groups is 2. The maximum absolute atomic E-state index is 11.5. The van der Waals surface area contributed by atoms with Gasteiger partial charge < -0.3 is 9.84 Å². The number of rotatable bonds is 9. The van der Waals surface area contributed by atoms with Crippen LogP contribution >= 0.6 is 11.8 Å². The molecule has 0 aromatic carbocycles. The molecule has 116 valence electrons. The molecule has 1 atom stereocenters. The van der Waals surface area contributed by atoms with Crippen molar-refractivity contribution in [2.24, 2.45) is 0 Å². The highest BCUT2D eigenvalue weighted by atomic mass is 32.2. The number of carbonyl (C=O) groups excluding carboxylic acids is 2.